The maximum Gasteiger partial charge on any atom is 0.269 e. The molecule has 1 fully saturated rings. The molecule has 2 aromatic heterocycles. The Balaban J connectivity index is 1.62. The number of halogens is 1. The van der Waals surface area contributed by atoms with Gasteiger partial charge in [0.2, 0.25) is 5.95 Å². The van der Waals surface area contributed by atoms with Gasteiger partial charge in [-0.05, 0) is 57.9 Å². The number of amides is 1. The van der Waals surface area contributed by atoms with Crippen LogP contribution in [0.2, 0.25) is 5.02 Å². The monoisotopic (exact) mass is 427 g/mol. The molecule has 2 N–H and O–H groups in total. The summed E-state index contributed by atoms with van der Waals surface area (Å²) in [6.45, 7) is 5.07. The Labute approximate surface area is 178 Å². The summed E-state index contributed by atoms with van der Waals surface area (Å²) in [7, 11) is 0. The Morgan fingerprint density at radius 3 is 2.60 bits per heavy atom. The van der Waals surface area contributed by atoms with Crippen molar-refractivity contribution in [3.63, 3.8) is 0 Å². The van der Waals surface area contributed by atoms with E-state index in [1.165, 1.54) is 10.7 Å². The average Bonchev–Trinajstić information content (AvgIpc) is 3.43. The molecular formula is C21H22ClN5O3. The number of aromatic amines is 1. The number of nitrogens with zero attached hydrogens (tertiary/aromatic N) is 3. The first kappa shape index (κ1) is 20.2. The summed E-state index contributed by atoms with van der Waals surface area (Å²) < 4.78 is 7.32. The highest BCUT2D eigenvalue weighted by Crippen LogP contribution is 2.40. The van der Waals surface area contributed by atoms with Gasteiger partial charge in [-0.15, -0.1) is 0 Å². The average molecular weight is 428 g/mol. The first-order chi connectivity index (χ1) is 14.2. The maximum atomic E-state index is 13.0. The fraction of sp³-hybridized carbons (Fsp3) is 0.333. The minimum absolute atomic E-state index is 0.249. The van der Waals surface area contributed by atoms with Crippen LogP contribution in [0.25, 0.3) is 5.95 Å². The van der Waals surface area contributed by atoms with Gasteiger partial charge in [0.05, 0.1) is 5.69 Å². The van der Waals surface area contributed by atoms with Crippen LogP contribution in [0.1, 0.15) is 44.0 Å². The minimum atomic E-state index is -1.17. The fourth-order valence-corrected chi connectivity index (χ4v) is 3.13. The van der Waals surface area contributed by atoms with Crippen LogP contribution in [0, 0.1) is 6.92 Å². The number of anilines is 1. The molecule has 8 nitrogen and oxygen atoms in total. The van der Waals surface area contributed by atoms with E-state index in [-0.39, 0.29) is 17.4 Å². The zero-order chi connectivity index (χ0) is 21.5. The van der Waals surface area contributed by atoms with Crippen molar-refractivity contribution in [2.45, 2.75) is 45.1 Å². The van der Waals surface area contributed by atoms with Crippen molar-refractivity contribution < 1.29 is 9.53 Å². The molecule has 9 heteroatoms. The van der Waals surface area contributed by atoms with E-state index in [1.54, 1.807) is 45.0 Å². The van der Waals surface area contributed by atoms with Crippen molar-refractivity contribution in [2.24, 2.45) is 0 Å². The zero-order valence-corrected chi connectivity index (χ0v) is 17.7. The highest BCUT2D eigenvalue weighted by molar-refractivity contribution is 6.30. The van der Waals surface area contributed by atoms with Crippen molar-refractivity contribution in [3.05, 3.63) is 63.2 Å². The number of rotatable bonds is 6. The van der Waals surface area contributed by atoms with Crippen LogP contribution in [-0.4, -0.2) is 31.3 Å². The molecular weight excluding hydrogens is 406 g/mol. The van der Waals surface area contributed by atoms with Gasteiger partial charge in [-0.25, -0.2) is 4.98 Å². The van der Waals surface area contributed by atoms with Crippen LogP contribution in [-0.2, 0) is 4.79 Å². The molecule has 0 aliphatic heterocycles. The first-order valence-electron chi connectivity index (χ1n) is 9.65. The summed E-state index contributed by atoms with van der Waals surface area (Å²) in [5.41, 5.74) is -0.0488. The van der Waals surface area contributed by atoms with Gasteiger partial charge >= 0.3 is 0 Å². The van der Waals surface area contributed by atoms with Gasteiger partial charge in [-0.3, -0.25) is 14.6 Å². The lowest BCUT2D eigenvalue weighted by molar-refractivity contribution is -0.128. The summed E-state index contributed by atoms with van der Waals surface area (Å²) >= 11 is 5.91. The van der Waals surface area contributed by atoms with Gasteiger partial charge in [0.1, 0.15) is 11.6 Å². The van der Waals surface area contributed by atoms with E-state index in [9.17, 15) is 9.59 Å². The number of hydrogen-bond donors (Lipinski definition) is 2. The Morgan fingerprint density at radius 2 is 1.97 bits per heavy atom. The largest absolute Gasteiger partial charge is 0.478 e. The predicted molar refractivity (Wildman–Crippen MR) is 113 cm³/mol. The molecule has 30 heavy (non-hydrogen) atoms. The van der Waals surface area contributed by atoms with Gasteiger partial charge in [0.25, 0.3) is 11.5 Å². The third kappa shape index (κ3) is 4.38. The molecule has 1 aliphatic carbocycles. The van der Waals surface area contributed by atoms with E-state index in [4.69, 9.17) is 16.3 Å². The van der Waals surface area contributed by atoms with E-state index in [2.05, 4.69) is 20.4 Å². The Morgan fingerprint density at radius 1 is 1.27 bits per heavy atom. The molecule has 0 saturated heterocycles. The topological polar surface area (TPSA) is 102 Å². The second-order valence-electron chi connectivity index (χ2n) is 7.87. The molecule has 1 saturated carbocycles. The number of ether oxygens (including phenoxy) is 1. The zero-order valence-electron chi connectivity index (χ0n) is 16.9. The van der Waals surface area contributed by atoms with Crippen molar-refractivity contribution in [1.82, 2.24) is 19.7 Å². The number of carbonyl (C=O) groups is 1. The summed E-state index contributed by atoms with van der Waals surface area (Å²) in [5.74, 6) is 1.19. The van der Waals surface area contributed by atoms with Crippen molar-refractivity contribution in [3.8, 4) is 11.7 Å². The van der Waals surface area contributed by atoms with Crippen molar-refractivity contribution in [1.29, 1.82) is 0 Å². The third-order valence-corrected chi connectivity index (χ3v) is 5.01. The SMILES string of the molecule is Cc1cc(=O)[nH]c(-n2nc(C3CC3)cc2NC(=O)C(C)(C)Oc2ccc(Cl)cc2)n1. The molecule has 0 atom stereocenters. The maximum absolute atomic E-state index is 13.0. The standard InChI is InChI=1S/C21H22ClN5O3/c1-12-10-18(28)25-20(23-12)27-17(11-16(26-27)13-4-5-13)24-19(29)21(2,3)30-15-8-6-14(22)7-9-15/h6-11,13H,4-5H2,1-3H3,(H,24,29)(H,23,25,28). The van der Waals surface area contributed by atoms with Crippen LogP contribution in [0.5, 0.6) is 5.75 Å². The first-order valence-corrected chi connectivity index (χ1v) is 10.0. The molecule has 2 heterocycles. The molecule has 156 valence electrons. The van der Waals surface area contributed by atoms with Crippen LogP contribution in [0.4, 0.5) is 5.82 Å². The van der Waals surface area contributed by atoms with Crippen LogP contribution in [0.3, 0.4) is 0 Å². The highest BCUT2D eigenvalue weighted by atomic mass is 35.5. The van der Waals surface area contributed by atoms with Gasteiger partial charge in [-0.2, -0.15) is 9.78 Å². The number of aromatic nitrogens is 4. The number of aryl methyl sites for hydroxylation is 1. The van der Waals surface area contributed by atoms with E-state index in [0.29, 0.717) is 28.2 Å². The summed E-state index contributed by atoms with van der Waals surface area (Å²) in [6, 6.07) is 10.0. The fourth-order valence-electron chi connectivity index (χ4n) is 3.00. The van der Waals surface area contributed by atoms with Crippen molar-refractivity contribution >= 4 is 23.3 Å². The smallest absolute Gasteiger partial charge is 0.269 e. The number of benzene rings is 1. The molecule has 1 amide bonds. The lowest BCUT2D eigenvalue weighted by atomic mass is 10.1. The molecule has 0 spiro atoms. The summed E-state index contributed by atoms with van der Waals surface area (Å²) in [4.78, 5) is 32.0. The van der Waals surface area contributed by atoms with E-state index < -0.39 is 5.60 Å². The lowest BCUT2D eigenvalue weighted by Gasteiger charge is -2.25. The van der Waals surface area contributed by atoms with Gasteiger partial charge < -0.3 is 10.1 Å². The number of H-pyrrole nitrogens is 1. The molecule has 4 rings (SSSR count). The second-order valence-corrected chi connectivity index (χ2v) is 8.31. The van der Waals surface area contributed by atoms with E-state index >= 15 is 0 Å². The number of nitrogens with one attached hydrogen (secondary N) is 2. The third-order valence-electron chi connectivity index (χ3n) is 4.76. The number of carbonyl (C=O) groups excluding carboxylic acids is 1. The van der Waals surface area contributed by atoms with Crippen LogP contribution >= 0.6 is 11.6 Å². The Kier molecular flexibility index (Phi) is 5.11. The molecule has 0 bridgehead atoms. The van der Waals surface area contributed by atoms with E-state index in [0.717, 1.165) is 18.5 Å². The summed E-state index contributed by atoms with van der Waals surface area (Å²) in [6.07, 6.45) is 2.10. The molecule has 0 radical (unpaired) electrons. The van der Waals surface area contributed by atoms with Crippen molar-refractivity contribution in [2.75, 3.05) is 5.32 Å². The lowest BCUT2D eigenvalue weighted by Crippen LogP contribution is -2.43. The Bertz CT molecular complexity index is 1150. The van der Waals surface area contributed by atoms with Crippen LogP contribution < -0.4 is 15.6 Å². The van der Waals surface area contributed by atoms with Gasteiger partial charge in [0, 0.05) is 28.8 Å². The second kappa shape index (κ2) is 7.60. The van der Waals surface area contributed by atoms with Gasteiger partial charge in [-0.1, -0.05) is 11.6 Å². The molecule has 3 aromatic rings. The van der Waals surface area contributed by atoms with E-state index in [1.807, 2.05) is 6.07 Å². The van der Waals surface area contributed by atoms with Gasteiger partial charge in [0.15, 0.2) is 5.60 Å². The highest BCUT2D eigenvalue weighted by Gasteiger charge is 2.33. The molecule has 1 aromatic carbocycles. The minimum Gasteiger partial charge on any atom is -0.478 e. The molecule has 0 unspecified atom stereocenters. The normalized spacial score (nSPS) is 13.9. The molecule has 1 aliphatic rings. The Hall–Kier alpha value is -3.13. The van der Waals surface area contributed by atoms with Crippen LogP contribution in [0.15, 0.2) is 41.2 Å². The summed E-state index contributed by atoms with van der Waals surface area (Å²) in [5, 5.41) is 8.02. The quantitative estimate of drug-likeness (QED) is 0.625. The number of hydrogen-bond acceptors (Lipinski definition) is 5. The predicted octanol–water partition coefficient (Wildman–Crippen LogP) is 3.59.